The molecule has 0 spiro atoms. The van der Waals surface area contributed by atoms with Crippen molar-refractivity contribution in [1.82, 2.24) is 5.32 Å². The Morgan fingerprint density at radius 2 is 1.89 bits per heavy atom. The van der Waals surface area contributed by atoms with Crippen LogP contribution in [0.1, 0.15) is 39.7 Å². The molecule has 27 heavy (non-hydrogen) atoms. The first-order chi connectivity index (χ1) is 12.8. The molecule has 0 radical (unpaired) electrons. The Balaban J connectivity index is 2.83. The Morgan fingerprint density at radius 3 is 2.44 bits per heavy atom. The molecule has 0 aliphatic rings. The summed E-state index contributed by atoms with van der Waals surface area (Å²) in [6.45, 7) is 7.21. The van der Waals surface area contributed by atoms with Crippen molar-refractivity contribution in [1.29, 1.82) is 0 Å². The van der Waals surface area contributed by atoms with Crippen molar-refractivity contribution >= 4 is 23.9 Å². The number of amides is 1. The van der Waals surface area contributed by atoms with Crippen LogP contribution in [0.3, 0.4) is 0 Å². The van der Waals surface area contributed by atoms with Gasteiger partial charge in [0.2, 0.25) is 5.91 Å². The minimum absolute atomic E-state index is 0.224. The number of rotatable bonds is 9. The summed E-state index contributed by atoms with van der Waals surface area (Å²) in [5.74, 6) is -0.409. The molecular weight excluding hydrogens is 350 g/mol. The number of hydrogen-bond donors (Lipinski definition) is 1. The van der Waals surface area contributed by atoms with E-state index in [9.17, 15) is 14.4 Å². The van der Waals surface area contributed by atoms with Crippen LogP contribution < -0.4 is 14.8 Å². The second-order valence-electron chi connectivity index (χ2n) is 6.28. The minimum atomic E-state index is -0.692. The van der Waals surface area contributed by atoms with Crippen LogP contribution in [-0.2, 0) is 19.1 Å². The summed E-state index contributed by atoms with van der Waals surface area (Å²) in [7, 11) is 1.46. The molecule has 0 bridgehead atoms. The van der Waals surface area contributed by atoms with E-state index in [1.807, 2.05) is 13.8 Å². The van der Waals surface area contributed by atoms with Gasteiger partial charge in [-0.1, -0.05) is 19.9 Å². The van der Waals surface area contributed by atoms with Gasteiger partial charge in [0, 0.05) is 13.0 Å². The lowest BCUT2D eigenvalue weighted by atomic mass is 10.0. The summed E-state index contributed by atoms with van der Waals surface area (Å²) in [5, 5.41) is 2.67. The monoisotopic (exact) mass is 377 g/mol. The van der Waals surface area contributed by atoms with Crippen molar-refractivity contribution < 1.29 is 28.6 Å². The number of esters is 2. The maximum atomic E-state index is 12.2. The average Bonchev–Trinajstić information content (AvgIpc) is 2.59. The van der Waals surface area contributed by atoms with E-state index in [4.69, 9.17) is 14.2 Å². The molecule has 1 rings (SSSR count). The highest BCUT2D eigenvalue weighted by molar-refractivity contribution is 5.94. The molecule has 0 heterocycles. The summed E-state index contributed by atoms with van der Waals surface area (Å²) in [5.41, 5.74) is 0.675. The third-order valence-corrected chi connectivity index (χ3v) is 3.46. The summed E-state index contributed by atoms with van der Waals surface area (Å²) in [6, 6.07) is 4.21. The van der Waals surface area contributed by atoms with Crippen molar-refractivity contribution in [3.8, 4) is 11.5 Å². The molecule has 148 valence electrons. The predicted octanol–water partition coefficient (Wildman–Crippen LogP) is 2.73. The van der Waals surface area contributed by atoms with Gasteiger partial charge in [0.25, 0.3) is 0 Å². The second kappa shape index (κ2) is 11.0. The molecule has 0 fully saturated rings. The Bertz CT molecular complexity index is 696. The number of hydrogen-bond acceptors (Lipinski definition) is 6. The van der Waals surface area contributed by atoms with Crippen LogP contribution >= 0.6 is 0 Å². The molecule has 1 atom stereocenters. The van der Waals surface area contributed by atoms with Crippen molar-refractivity contribution in [2.45, 2.75) is 40.2 Å². The molecule has 7 heteroatoms. The third-order valence-electron chi connectivity index (χ3n) is 3.46. The molecule has 0 saturated carbocycles. The third kappa shape index (κ3) is 7.94. The van der Waals surface area contributed by atoms with E-state index in [-0.39, 0.29) is 12.5 Å². The first-order valence-electron chi connectivity index (χ1n) is 8.78. The van der Waals surface area contributed by atoms with Crippen LogP contribution in [0.4, 0.5) is 0 Å². The highest BCUT2D eigenvalue weighted by Crippen LogP contribution is 2.28. The van der Waals surface area contributed by atoms with Gasteiger partial charge in [-0.3, -0.25) is 9.59 Å². The number of methoxy groups -OCH3 is 1. The number of carbonyl (C=O) groups is 3. The zero-order valence-electron chi connectivity index (χ0n) is 16.4. The van der Waals surface area contributed by atoms with Crippen LogP contribution in [0.5, 0.6) is 11.5 Å². The van der Waals surface area contributed by atoms with E-state index in [0.717, 1.165) is 0 Å². The zero-order valence-corrected chi connectivity index (χ0v) is 16.4. The molecule has 1 aromatic carbocycles. The van der Waals surface area contributed by atoms with Crippen molar-refractivity contribution in [2.75, 3.05) is 13.7 Å². The van der Waals surface area contributed by atoms with E-state index in [1.54, 1.807) is 31.2 Å². The average molecular weight is 377 g/mol. The van der Waals surface area contributed by atoms with Crippen molar-refractivity contribution in [3.05, 3.63) is 29.8 Å². The first kappa shape index (κ1) is 22.2. The number of carbonyl (C=O) groups excluding carboxylic acids is 3. The highest BCUT2D eigenvalue weighted by atomic mass is 16.6. The highest BCUT2D eigenvalue weighted by Gasteiger charge is 2.22. The maximum Gasteiger partial charge on any atom is 0.328 e. The molecule has 1 amide bonds. The predicted molar refractivity (Wildman–Crippen MR) is 101 cm³/mol. The Labute approximate surface area is 159 Å². The Morgan fingerprint density at radius 1 is 1.19 bits per heavy atom. The minimum Gasteiger partial charge on any atom is -0.493 e. The summed E-state index contributed by atoms with van der Waals surface area (Å²) < 4.78 is 15.2. The van der Waals surface area contributed by atoms with Crippen LogP contribution in [0.2, 0.25) is 0 Å². The molecule has 1 N–H and O–H groups in total. The number of nitrogens with one attached hydrogen (secondary N) is 1. The van der Waals surface area contributed by atoms with Gasteiger partial charge in [-0.25, -0.2) is 4.79 Å². The lowest BCUT2D eigenvalue weighted by Crippen LogP contribution is -2.42. The molecule has 0 aliphatic heterocycles. The van der Waals surface area contributed by atoms with Crippen molar-refractivity contribution in [3.63, 3.8) is 0 Å². The second-order valence-corrected chi connectivity index (χ2v) is 6.28. The van der Waals surface area contributed by atoms with E-state index in [2.05, 4.69) is 5.32 Å². The molecule has 0 aliphatic carbocycles. The van der Waals surface area contributed by atoms with Crippen molar-refractivity contribution in [2.24, 2.45) is 5.92 Å². The lowest BCUT2D eigenvalue weighted by molar-refractivity contribution is -0.147. The normalized spacial score (nSPS) is 11.9. The molecule has 0 aromatic heterocycles. The topological polar surface area (TPSA) is 90.9 Å². The van der Waals surface area contributed by atoms with E-state index in [1.165, 1.54) is 20.1 Å². The molecule has 0 saturated heterocycles. The smallest absolute Gasteiger partial charge is 0.328 e. The number of ether oxygens (including phenoxy) is 3. The van der Waals surface area contributed by atoms with E-state index >= 15 is 0 Å². The van der Waals surface area contributed by atoms with Crippen LogP contribution in [0.15, 0.2) is 24.3 Å². The summed E-state index contributed by atoms with van der Waals surface area (Å²) >= 11 is 0. The van der Waals surface area contributed by atoms with Gasteiger partial charge < -0.3 is 19.5 Å². The quantitative estimate of drug-likeness (QED) is 0.404. The standard InChI is InChI=1S/C20H27NO6/c1-6-26-20(24)16(11-13(2)3)21-19(23)10-8-15-7-9-17(27-14(4)22)18(12-15)25-5/h7-10,12-13,16H,6,11H2,1-5H3,(H,21,23)/b10-8+/t16-/m0/s1. The van der Waals surface area contributed by atoms with Gasteiger partial charge in [-0.05, 0) is 43.0 Å². The molecule has 1 aromatic rings. The van der Waals surface area contributed by atoms with Crippen LogP contribution in [0.25, 0.3) is 6.08 Å². The fourth-order valence-electron chi connectivity index (χ4n) is 2.35. The van der Waals surface area contributed by atoms with Gasteiger partial charge in [-0.2, -0.15) is 0 Å². The van der Waals surface area contributed by atoms with Crippen LogP contribution in [0, 0.1) is 5.92 Å². The van der Waals surface area contributed by atoms with Crippen LogP contribution in [-0.4, -0.2) is 37.6 Å². The summed E-state index contributed by atoms with van der Waals surface area (Å²) in [6.07, 6.45) is 3.39. The van der Waals surface area contributed by atoms with Gasteiger partial charge in [0.15, 0.2) is 11.5 Å². The number of benzene rings is 1. The molecule has 7 nitrogen and oxygen atoms in total. The van der Waals surface area contributed by atoms with E-state index < -0.39 is 23.9 Å². The maximum absolute atomic E-state index is 12.2. The summed E-state index contributed by atoms with van der Waals surface area (Å²) in [4.78, 5) is 35.2. The SMILES string of the molecule is CCOC(=O)[C@H](CC(C)C)NC(=O)/C=C/c1ccc(OC(C)=O)c(OC)c1. The fraction of sp³-hybridized carbons (Fsp3) is 0.450. The first-order valence-corrected chi connectivity index (χ1v) is 8.78. The Hall–Kier alpha value is -2.83. The van der Waals surface area contributed by atoms with Gasteiger partial charge >= 0.3 is 11.9 Å². The Kier molecular flexibility index (Phi) is 9.05. The largest absolute Gasteiger partial charge is 0.493 e. The van der Waals surface area contributed by atoms with Gasteiger partial charge in [0.1, 0.15) is 6.04 Å². The lowest BCUT2D eigenvalue weighted by Gasteiger charge is -2.18. The van der Waals surface area contributed by atoms with Gasteiger partial charge in [-0.15, -0.1) is 0 Å². The van der Waals surface area contributed by atoms with E-state index in [0.29, 0.717) is 23.5 Å². The molecular formula is C20H27NO6. The van der Waals surface area contributed by atoms with Gasteiger partial charge in [0.05, 0.1) is 13.7 Å². The fourth-order valence-corrected chi connectivity index (χ4v) is 2.35. The molecule has 0 unspecified atom stereocenters. The zero-order chi connectivity index (χ0) is 20.4.